The van der Waals surface area contributed by atoms with Crippen molar-refractivity contribution in [1.82, 2.24) is 4.98 Å². The molecule has 0 aliphatic heterocycles. The lowest BCUT2D eigenvalue weighted by Gasteiger charge is -2.59. The summed E-state index contributed by atoms with van der Waals surface area (Å²) < 4.78 is 0. The van der Waals surface area contributed by atoms with Gasteiger partial charge in [-0.15, -0.1) is 11.3 Å². The first-order valence-electron chi connectivity index (χ1n) is 10.4. The van der Waals surface area contributed by atoms with Crippen LogP contribution in [0.5, 0.6) is 0 Å². The van der Waals surface area contributed by atoms with E-state index in [2.05, 4.69) is 44.1 Å². The van der Waals surface area contributed by atoms with Gasteiger partial charge >= 0.3 is 0 Å². The summed E-state index contributed by atoms with van der Waals surface area (Å²) in [4.78, 5) is 5.74. The highest BCUT2D eigenvalue weighted by molar-refractivity contribution is 7.10. The standard InChI is InChI=1S/C23H31NOS/c1-14-10-15-11-16(25)6-8-22(15,2)19-7-9-23(3)17(20-12-24-13-26-20)4-5-18(23)21(14)19/h4,10,12-14,16,18-19,21,25H,5-9,11H2,1-3H3/t14?,16?,18-,19+,21-,22-,23+/m0/s1. The van der Waals surface area contributed by atoms with Gasteiger partial charge in [-0.05, 0) is 78.6 Å². The number of thiazole rings is 1. The third kappa shape index (κ3) is 2.22. The zero-order chi connectivity index (χ0) is 18.1. The van der Waals surface area contributed by atoms with Crippen LogP contribution in [0, 0.1) is 34.5 Å². The Morgan fingerprint density at radius 2 is 1.96 bits per heavy atom. The van der Waals surface area contributed by atoms with Crippen molar-refractivity contribution in [2.75, 3.05) is 0 Å². The van der Waals surface area contributed by atoms with Crippen molar-refractivity contribution >= 4 is 16.9 Å². The Morgan fingerprint density at radius 3 is 2.73 bits per heavy atom. The lowest BCUT2D eigenvalue weighted by atomic mass is 9.45. The first kappa shape index (κ1) is 17.2. The Kier molecular flexibility index (Phi) is 3.82. The summed E-state index contributed by atoms with van der Waals surface area (Å²) in [5.74, 6) is 2.96. The SMILES string of the molecule is CC1C=C2CC(O)CC[C@]2(C)[C@@H]2CC[C@]3(C)C(c4cncs4)=CC[C@H]3[C@H]12. The second kappa shape index (κ2) is 5.78. The quantitative estimate of drug-likeness (QED) is 0.644. The van der Waals surface area contributed by atoms with Crippen LogP contribution in [0.3, 0.4) is 0 Å². The van der Waals surface area contributed by atoms with Gasteiger partial charge in [0.25, 0.3) is 0 Å². The van der Waals surface area contributed by atoms with Crippen molar-refractivity contribution in [1.29, 1.82) is 0 Å². The summed E-state index contributed by atoms with van der Waals surface area (Å²) in [5, 5.41) is 10.2. The molecule has 4 aliphatic carbocycles. The summed E-state index contributed by atoms with van der Waals surface area (Å²) in [5.41, 5.74) is 5.77. The van der Waals surface area contributed by atoms with Crippen molar-refractivity contribution < 1.29 is 5.11 Å². The second-order valence-corrected chi connectivity index (χ2v) is 10.7. The third-order valence-electron chi connectivity index (χ3n) is 8.69. The molecule has 0 amide bonds. The Morgan fingerprint density at radius 1 is 1.15 bits per heavy atom. The monoisotopic (exact) mass is 369 g/mol. The van der Waals surface area contributed by atoms with E-state index >= 15 is 0 Å². The van der Waals surface area contributed by atoms with Gasteiger partial charge in [-0.25, -0.2) is 0 Å². The Bertz CT molecular complexity index is 765. The molecule has 0 bridgehead atoms. The number of nitrogens with zero attached hydrogens (tertiary/aromatic N) is 1. The lowest BCUT2D eigenvalue weighted by molar-refractivity contribution is -0.0425. The van der Waals surface area contributed by atoms with Gasteiger partial charge < -0.3 is 5.11 Å². The molecule has 7 atom stereocenters. The van der Waals surface area contributed by atoms with Crippen LogP contribution in [0.15, 0.2) is 29.4 Å². The van der Waals surface area contributed by atoms with Crippen LogP contribution >= 0.6 is 11.3 Å². The molecule has 0 aromatic carbocycles. The molecule has 2 unspecified atom stereocenters. The largest absolute Gasteiger partial charge is 0.393 e. The fourth-order valence-corrected chi connectivity index (χ4v) is 8.10. The second-order valence-electron chi connectivity index (χ2n) is 9.83. The highest BCUT2D eigenvalue weighted by atomic mass is 32.1. The predicted molar refractivity (Wildman–Crippen MR) is 108 cm³/mol. The Hall–Kier alpha value is -0.930. The zero-order valence-corrected chi connectivity index (χ0v) is 17.1. The van der Waals surface area contributed by atoms with Gasteiger partial charge in [-0.1, -0.05) is 38.5 Å². The molecule has 0 spiro atoms. The van der Waals surface area contributed by atoms with Gasteiger partial charge in [0.05, 0.1) is 16.5 Å². The molecule has 4 aliphatic rings. The number of hydrogen-bond acceptors (Lipinski definition) is 3. The summed E-state index contributed by atoms with van der Waals surface area (Å²) >= 11 is 1.80. The number of allylic oxidation sites excluding steroid dienone is 3. The zero-order valence-electron chi connectivity index (χ0n) is 16.2. The van der Waals surface area contributed by atoms with Gasteiger partial charge in [0, 0.05) is 6.20 Å². The average molecular weight is 370 g/mol. The van der Waals surface area contributed by atoms with E-state index in [9.17, 15) is 5.11 Å². The van der Waals surface area contributed by atoms with Crippen LogP contribution in [-0.2, 0) is 0 Å². The Balaban J connectivity index is 1.52. The number of hydrogen-bond donors (Lipinski definition) is 1. The molecule has 1 N–H and O–H groups in total. The molecular formula is C23H31NOS. The minimum absolute atomic E-state index is 0.113. The van der Waals surface area contributed by atoms with E-state index in [0.29, 0.717) is 16.7 Å². The average Bonchev–Trinajstić information content (AvgIpc) is 3.23. The minimum atomic E-state index is -0.113. The van der Waals surface area contributed by atoms with Crippen LogP contribution in [-0.4, -0.2) is 16.2 Å². The van der Waals surface area contributed by atoms with Gasteiger partial charge in [0.2, 0.25) is 0 Å². The van der Waals surface area contributed by atoms with Gasteiger partial charge in [0.15, 0.2) is 0 Å². The molecule has 2 fully saturated rings. The van der Waals surface area contributed by atoms with Crippen LogP contribution in [0.2, 0.25) is 0 Å². The van der Waals surface area contributed by atoms with Crippen LogP contribution in [0.1, 0.15) is 64.2 Å². The maximum Gasteiger partial charge on any atom is 0.0797 e. The lowest BCUT2D eigenvalue weighted by Crippen LogP contribution is -2.52. The molecule has 2 nitrogen and oxygen atoms in total. The van der Waals surface area contributed by atoms with E-state index in [1.807, 2.05) is 5.51 Å². The first-order valence-corrected chi connectivity index (χ1v) is 11.3. The van der Waals surface area contributed by atoms with Crippen molar-refractivity contribution in [2.45, 2.75) is 65.4 Å². The fraction of sp³-hybridized carbons (Fsp3) is 0.696. The molecule has 26 heavy (non-hydrogen) atoms. The maximum absolute atomic E-state index is 10.2. The smallest absolute Gasteiger partial charge is 0.0797 e. The van der Waals surface area contributed by atoms with Crippen molar-refractivity contribution in [3.63, 3.8) is 0 Å². The van der Waals surface area contributed by atoms with Crippen molar-refractivity contribution in [3.8, 4) is 0 Å². The number of aliphatic hydroxyl groups excluding tert-OH is 1. The summed E-state index contributed by atoms with van der Waals surface area (Å²) in [6.07, 6.45) is 14.0. The van der Waals surface area contributed by atoms with E-state index in [0.717, 1.165) is 30.6 Å². The van der Waals surface area contributed by atoms with E-state index < -0.39 is 0 Å². The minimum Gasteiger partial charge on any atom is -0.393 e. The highest BCUT2D eigenvalue weighted by Crippen LogP contribution is 2.67. The third-order valence-corrected chi connectivity index (χ3v) is 9.49. The van der Waals surface area contributed by atoms with Crippen molar-refractivity contribution in [3.05, 3.63) is 34.3 Å². The van der Waals surface area contributed by atoms with E-state index in [4.69, 9.17) is 0 Å². The molecule has 1 aromatic heterocycles. The van der Waals surface area contributed by atoms with Gasteiger partial charge in [0.1, 0.15) is 0 Å². The number of rotatable bonds is 1. The van der Waals surface area contributed by atoms with Crippen LogP contribution in [0.4, 0.5) is 0 Å². The number of aromatic nitrogens is 1. The normalized spacial score (nSPS) is 47.5. The van der Waals surface area contributed by atoms with Crippen LogP contribution < -0.4 is 0 Å². The molecular weight excluding hydrogens is 338 g/mol. The molecule has 140 valence electrons. The van der Waals surface area contributed by atoms with Gasteiger partial charge in [-0.2, -0.15) is 0 Å². The fourth-order valence-electron chi connectivity index (χ4n) is 7.30. The molecule has 5 rings (SSSR count). The molecule has 3 heteroatoms. The molecule has 1 heterocycles. The summed E-state index contributed by atoms with van der Waals surface area (Å²) in [6.45, 7) is 7.50. The number of aliphatic hydroxyl groups is 1. The topological polar surface area (TPSA) is 33.1 Å². The van der Waals surface area contributed by atoms with E-state index in [1.165, 1.54) is 30.6 Å². The summed E-state index contributed by atoms with van der Waals surface area (Å²) in [6, 6.07) is 0. The molecule has 2 saturated carbocycles. The predicted octanol–water partition coefficient (Wildman–Crippen LogP) is 5.71. The van der Waals surface area contributed by atoms with Crippen LogP contribution in [0.25, 0.3) is 5.57 Å². The molecule has 0 radical (unpaired) electrons. The highest BCUT2D eigenvalue weighted by Gasteiger charge is 2.58. The number of fused-ring (bicyclic) bond motifs is 5. The summed E-state index contributed by atoms with van der Waals surface area (Å²) in [7, 11) is 0. The molecule has 1 aromatic rings. The van der Waals surface area contributed by atoms with Gasteiger partial charge in [-0.3, -0.25) is 4.98 Å². The van der Waals surface area contributed by atoms with E-state index in [-0.39, 0.29) is 6.10 Å². The first-order chi connectivity index (χ1) is 12.4. The molecule has 0 saturated heterocycles. The maximum atomic E-state index is 10.2. The van der Waals surface area contributed by atoms with E-state index in [1.54, 1.807) is 22.5 Å². The van der Waals surface area contributed by atoms with Crippen molar-refractivity contribution in [2.24, 2.45) is 34.5 Å². The Labute approximate surface area is 161 Å².